The Morgan fingerprint density at radius 3 is 2.07 bits per heavy atom. The molecule has 0 unspecified atom stereocenters. The van der Waals surface area contributed by atoms with Crippen LogP contribution in [-0.2, 0) is 4.79 Å². The second-order valence-corrected chi connectivity index (χ2v) is 6.38. The first-order valence-electron chi connectivity index (χ1n) is 9.05. The molecule has 0 saturated heterocycles. The number of benzene rings is 2. The number of rotatable bonds is 8. The highest BCUT2D eigenvalue weighted by atomic mass is 16.4. The molecule has 0 fully saturated rings. The zero-order valence-corrected chi connectivity index (χ0v) is 16.2. The highest BCUT2D eigenvalue weighted by Gasteiger charge is 2.34. The number of carbonyl (C=O) groups is 1. The van der Waals surface area contributed by atoms with Gasteiger partial charge in [0.05, 0.1) is 17.5 Å². The van der Waals surface area contributed by atoms with Crippen LogP contribution >= 0.6 is 0 Å². The van der Waals surface area contributed by atoms with Crippen molar-refractivity contribution in [2.75, 3.05) is 5.43 Å². The van der Waals surface area contributed by atoms with Crippen molar-refractivity contribution in [2.45, 2.75) is 38.2 Å². The maximum Gasteiger partial charge on any atom is 0.217 e. The Hall–Kier alpha value is -3.14. The van der Waals surface area contributed by atoms with E-state index < -0.39 is 30.3 Å². The van der Waals surface area contributed by atoms with Gasteiger partial charge in [-0.3, -0.25) is 10.2 Å². The standard InChI is InChI=1S/C20H25N5O4/c1-13(26)18(28)19(29)17(21-14(2)27)20(24-22-15-9-5-3-6-10-15)25-23-16-11-7-4-8-12-16/h3-13,17-19,22,26,28-29H,1-2H3,(H,21,27)/b24-20-,25-23?/t13-,17-,18+,19-/m1/s1. The zero-order valence-electron chi connectivity index (χ0n) is 16.2. The normalized spacial score (nSPS) is 16.1. The van der Waals surface area contributed by atoms with Crippen molar-refractivity contribution in [3.8, 4) is 0 Å². The van der Waals surface area contributed by atoms with E-state index in [-0.39, 0.29) is 5.84 Å². The minimum Gasteiger partial charge on any atom is -0.391 e. The van der Waals surface area contributed by atoms with Crippen LogP contribution in [0.2, 0.25) is 0 Å². The van der Waals surface area contributed by atoms with Gasteiger partial charge in [-0.05, 0) is 31.2 Å². The van der Waals surface area contributed by atoms with Crippen LogP contribution in [-0.4, -0.2) is 51.4 Å². The van der Waals surface area contributed by atoms with Crippen molar-refractivity contribution in [1.29, 1.82) is 0 Å². The molecule has 9 heteroatoms. The Balaban J connectivity index is 2.39. The molecule has 2 rings (SSSR count). The molecule has 0 bridgehead atoms. The number of carbonyl (C=O) groups excluding carboxylic acids is 1. The minimum absolute atomic E-state index is 0.0832. The lowest BCUT2D eigenvalue weighted by Gasteiger charge is -2.27. The van der Waals surface area contributed by atoms with Crippen molar-refractivity contribution in [2.24, 2.45) is 15.3 Å². The summed E-state index contributed by atoms with van der Waals surface area (Å²) >= 11 is 0. The van der Waals surface area contributed by atoms with Crippen LogP contribution in [0.5, 0.6) is 0 Å². The van der Waals surface area contributed by atoms with Crippen LogP contribution in [0.1, 0.15) is 13.8 Å². The lowest BCUT2D eigenvalue weighted by molar-refractivity contribution is -0.121. The average Bonchev–Trinajstić information content (AvgIpc) is 2.72. The Bertz CT molecular complexity index is 827. The third-order valence-corrected chi connectivity index (χ3v) is 3.92. The topological polar surface area (TPSA) is 139 Å². The summed E-state index contributed by atoms with van der Waals surface area (Å²) in [6.07, 6.45) is -4.36. The summed E-state index contributed by atoms with van der Waals surface area (Å²) in [5.41, 5.74) is 3.97. The Labute approximate surface area is 168 Å². The summed E-state index contributed by atoms with van der Waals surface area (Å²) in [4.78, 5) is 11.7. The molecule has 0 spiro atoms. The van der Waals surface area contributed by atoms with E-state index in [1.165, 1.54) is 13.8 Å². The molecule has 1 amide bonds. The van der Waals surface area contributed by atoms with Crippen LogP contribution < -0.4 is 10.7 Å². The lowest BCUT2D eigenvalue weighted by atomic mass is 10.0. The number of amidine groups is 1. The molecule has 2 aromatic rings. The van der Waals surface area contributed by atoms with Gasteiger partial charge in [-0.25, -0.2) is 0 Å². The van der Waals surface area contributed by atoms with E-state index in [1.807, 2.05) is 12.1 Å². The highest BCUT2D eigenvalue weighted by molar-refractivity contribution is 5.92. The molecule has 5 N–H and O–H groups in total. The second kappa shape index (κ2) is 11.0. The molecule has 0 aliphatic rings. The van der Waals surface area contributed by atoms with E-state index in [9.17, 15) is 20.1 Å². The van der Waals surface area contributed by atoms with Gasteiger partial charge >= 0.3 is 0 Å². The Morgan fingerprint density at radius 1 is 0.931 bits per heavy atom. The van der Waals surface area contributed by atoms with Gasteiger partial charge in [-0.2, -0.15) is 5.10 Å². The number of aliphatic hydroxyl groups is 3. The summed E-state index contributed by atoms with van der Waals surface area (Å²) in [5.74, 6) is -0.561. The van der Waals surface area contributed by atoms with Crippen LogP contribution in [0, 0.1) is 0 Å². The average molecular weight is 399 g/mol. The van der Waals surface area contributed by atoms with Gasteiger partial charge in [0.1, 0.15) is 18.2 Å². The molecule has 9 nitrogen and oxygen atoms in total. The third kappa shape index (κ3) is 7.07. The monoisotopic (exact) mass is 399 g/mol. The zero-order chi connectivity index (χ0) is 21.2. The molecule has 0 aliphatic heterocycles. The maximum atomic E-state index is 11.7. The predicted octanol–water partition coefficient (Wildman–Crippen LogP) is 1.80. The number of anilines is 1. The third-order valence-electron chi connectivity index (χ3n) is 3.92. The fourth-order valence-electron chi connectivity index (χ4n) is 2.40. The predicted molar refractivity (Wildman–Crippen MR) is 110 cm³/mol. The van der Waals surface area contributed by atoms with Gasteiger partial charge < -0.3 is 20.6 Å². The van der Waals surface area contributed by atoms with Crippen LogP contribution in [0.25, 0.3) is 0 Å². The largest absolute Gasteiger partial charge is 0.391 e. The van der Waals surface area contributed by atoms with Crippen LogP contribution in [0.4, 0.5) is 11.4 Å². The first kappa shape index (κ1) is 22.2. The number of aliphatic hydroxyl groups excluding tert-OH is 3. The molecular formula is C20H25N5O4. The SMILES string of the molecule is CC(=O)N[C@@H](/C(N=Nc1ccccc1)=N/Nc1ccccc1)[C@@H](O)[C@@H](O)[C@@H](C)O. The maximum absolute atomic E-state index is 11.7. The summed E-state index contributed by atoms with van der Waals surface area (Å²) in [6, 6.07) is 16.6. The molecule has 0 saturated carbocycles. The van der Waals surface area contributed by atoms with Crippen molar-refractivity contribution in [1.82, 2.24) is 5.32 Å². The number of nitrogens with zero attached hydrogens (tertiary/aromatic N) is 3. The summed E-state index contributed by atoms with van der Waals surface area (Å²) < 4.78 is 0. The molecule has 0 heterocycles. The first-order valence-corrected chi connectivity index (χ1v) is 9.05. The Kier molecular flexibility index (Phi) is 8.41. The fraction of sp³-hybridized carbons (Fsp3) is 0.300. The van der Waals surface area contributed by atoms with E-state index in [0.29, 0.717) is 11.4 Å². The van der Waals surface area contributed by atoms with E-state index in [2.05, 4.69) is 26.1 Å². The highest BCUT2D eigenvalue weighted by Crippen LogP contribution is 2.14. The van der Waals surface area contributed by atoms with Gasteiger partial charge in [0.2, 0.25) is 5.91 Å². The van der Waals surface area contributed by atoms with Crippen molar-refractivity contribution < 1.29 is 20.1 Å². The van der Waals surface area contributed by atoms with E-state index in [1.54, 1.807) is 48.5 Å². The Morgan fingerprint density at radius 2 is 1.52 bits per heavy atom. The molecule has 154 valence electrons. The molecule has 0 aliphatic carbocycles. The van der Waals surface area contributed by atoms with Gasteiger partial charge in [0.25, 0.3) is 0 Å². The number of azo groups is 1. The number of hydrogen-bond donors (Lipinski definition) is 5. The number of nitrogens with one attached hydrogen (secondary N) is 2. The number of amides is 1. The fourth-order valence-corrected chi connectivity index (χ4v) is 2.40. The van der Waals surface area contributed by atoms with E-state index >= 15 is 0 Å². The van der Waals surface area contributed by atoms with Gasteiger partial charge in [-0.1, -0.05) is 36.4 Å². The molecule has 29 heavy (non-hydrogen) atoms. The van der Waals surface area contributed by atoms with Crippen molar-refractivity contribution in [3.05, 3.63) is 60.7 Å². The van der Waals surface area contributed by atoms with Crippen LogP contribution in [0.15, 0.2) is 76.0 Å². The smallest absolute Gasteiger partial charge is 0.217 e. The minimum atomic E-state index is -1.58. The lowest BCUT2D eigenvalue weighted by Crippen LogP contribution is -2.54. The van der Waals surface area contributed by atoms with Gasteiger partial charge in [0.15, 0.2) is 5.84 Å². The quantitative estimate of drug-likeness (QED) is 0.199. The number of hydrazone groups is 1. The number of hydrogen-bond acceptors (Lipinski definition) is 7. The van der Waals surface area contributed by atoms with Crippen molar-refractivity contribution in [3.63, 3.8) is 0 Å². The summed E-state index contributed by atoms with van der Waals surface area (Å²) in [7, 11) is 0. The van der Waals surface area contributed by atoms with Crippen LogP contribution in [0.3, 0.4) is 0 Å². The molecule has 2 aromatic carbocycles. The van der Waals surface area contributed by atoms with Gasteiger partial charge in [-0.15, -0.1) is 10.2 Å². The first-order chi connectivity index (χ1) is 13.9. The van der Waals surface area contributed by atoms with E-state index in [0.717, 1.165) is 0 Å². The summed E-state index contributed by atoms with van der Waals surface area (Å²) in [5, 5.41) is 45.1. The number of para-hydroxylation sites is 1. The van der Waals surface area contributed by atoms with E-state index in [4.69, 9.17) is 0 Å². The molecule has 0 radical (unpaired) electrons. The molecular weight excluding hydrogens is 374 g/mol. The molecule has 4 atom stereocenters. The second-order valence-electron chi connectivity index (χ2n) is 6.38. The van der Waals surface area contributed by atoms with Crippen molar-refractivity contribution >= 4 is 23.1 Å². The summed E-state index contributed by atoms with van der Waals surface area (Å²) in [6.45, 7) is 2.58. The molecule has 0 aromatic heterocycles. The van der Waals surface area contributed by atoms with Gasteiger partial charge in [0, 0.05) is 6.92 Å².